The van der Waals surface area contributed by atoms with Crippen LogP contribution >= 0.6 is 12.2 Å². The Balaban J connectivity index is 1.34. The van der Waals surface area contributed by atoms with Crippen LogP contribution in [0.1, 0.15) is 36.8 Å². The van der Waals surface area contributed by atoms with Crippen LogP contribution in [0.5, 0.6) is 0 Å². The SMILES string of the molecule is Cc1ccc(-c2nn(-c3ccccc3)cc2CNC(=S)N[C@H]2C[C@H]3CC[C@H]2C3)cc1. The molecule has 30 heavy (non-hydrogen) atoms. The van der Waals surface area contributed by atoms with Crippen molar-refractivity contribution in [3.8, 4) is 16.9 Å². The number of benzene rings is 2. The topological polar surface area (TPSA) is 41.9 Å². The molecular weight excluding hydrogens is 388 g/mol. The molecule has 4 nitrogen and oxygen atoms in total. The van der Waals surface area contributed by atoms with Crippen LogP contribution < -0.4 is 10.6 Å². The number of rotatable bonds is 5. The summed E-state index contributed by atoms with van der Waals surface area (Å²) in [6.45, 7) is 2.76. The zero-order valence-corrected chi connectivity index (χ0v) is 18.2. The maximum Gasteiger partial charge on any atom is 0.166 e. The molecule has 0 aliphatic heterocycles. The van der Waals surface area contributed by atoms with E-state index in [1.807, 2.05) is 22.9 Å². The van der Waals surface area contributed by atoms with E-state index in [9.17, 15) is 0 Å². The molecule has 0 amide bonds. The molecule has 1 heterocycles. The van der Waals surface area contributed by atoms with E-state index in [-0.39, 0.29) is 0 Å². The Hall–Kier alpha value is -2.66. The van der Waals surface area contributed by atoms with Crippen LogP contribution in [0.2, 0.25) is 0 Å². The molecule has 2 bridgehead atoms. The van der Waals surface area contributed by atoms with Crippen LogP contribution in [-0.2, 0) is 6.54 Å². The lowest BCUT2D eigenvalue weighted by Crippen LogP contribution is -2.43. The van der Waals surface area contributed by atoms with Crippen LogP contribution in [-0.4, -0.2) is 20.9 Å². The van der Waals surface area contributed by atoms with Gasteiger partial charge in [0.1, 0.15) is 0 Å². The third kappa shape index (κ3) is 3.99. The van der Waals surface area contributed by atoms with Gasteiger partial charge in [-0.2, -0.15) is 5.10 Å². The van der Waals surface area contributed by atoms with Crippen molar-refractivity contribution in [1.82, 2.24) is 20.4 Å². The third-order valence-electron chi connectivity index (χ3n) is 6.63. The maximum atomic E-state index is 5.63. The van der Waals surface area contributed by atoms with Crippen molar-refractivity contribution in [3.63, 3.8) is 0 Å². The molecule has 0 unspecified atom stereocenters. The summed E-state index contributed by atoms with van der Waals surface area (Å²) in [7, 11) is 0. The van der Waals surface area contributed by atoms with E-state index in [0.29, 0.717) is 12.6 Å². The molecule has 2 fully saturated rings. The predicted octanol–water partition coefficient (Wildman–Crippen LogP) is 5.00. The van der Waals surface area contributed by atoms with E-state index in [2.05, 4.69) is 60.2 Å². The van der Waals surface area contributed by atoms with E-state index < -0.39 is 0 Å². The van der Waals surface area contributed by atoms with Gasteiger partial charge >= 0.3 is 0 Å². The summed E-state index contributed by atoms with van der Waals surface area (Å²) in [6.07, 6.45) is 7.51. The Morgan fingerprint density at radius 1 is 1.07 bits per heavy atom. The molecule has 0 radical (unpaired) electrons. The monoisotopic (exact) mass is 416 g/mol. The molecule has 2 aliphatic rings. The lowest BCUT2D eigenvalue weighted by atomic mass is 9.96. The van der Waals surface area contributed by atoms with Crippen molar-refractivity contribution in [2.24, 2.45) is 11.8 Å². The normalized spacial score (nSPS) is 22.2. The van der Waals surface area contributed by atoms with E-state index in [1.165, 1.54) is 31.2 Å². The average Bonchev–Trinajstić information content (AvgIpc) is 3.49. The fourth-order valence-electron chi connectivity index (χ4n) is 5.02. The molecule has 3 aromatic rings. The van der Waals surface area contributed by atoms with Gasteiger partial charge in [-0.3, -0.25) is 0 Å². The second-order valence-corrected chi connectivity index (χ2v) is 9.17. The van der Waals surface area contributed by atoms with Gasteiger partial charge in [0.25, 0.3) is 0 Å². The largest absolute Gasteiger partial charge is 0.360 e. The smallest absolute Gasteiger partial charge is 0.166 e. The average molecular weight is 417 g/mol. The fourth-order valence-corrected chi connectivity index (χ4v) is 5.25. The molecule has 0 saturated heterocycles. The summed E-state index contributed by atoms with van der Waals surface area (Å²) in [5, 5.41) is 12.7. The van der Waals surface area contributed by atoms with Crippen molar-refractivity contribution in [2.45, 2.75) is 45.2 Å². The van der Waals surface area contributed by atoms with E-state index in [1.54, 1.807) is 0 Å². The molecule has 2 aliphatic carbocycles. The Morgan fingerprint density at radius 2 is 1.87 bits per heavy atom. The summed E-state index contributed by atoms with van der Waals surface area (Å²) >= 11 is 5.63. The Morgan fingerprint density at radius 3 is 2.57 bits per heavy atom. The van der Waals surface area contributed by atoms with Crippen molar-refractivity contribution in [3.05, 3.63) is 71.9 Å². The minimum atomic E-state index is 0.548. The lowest BCUT2D eigenvalue weighted by molar-refractivity contribution is 0.389. The number of fused-ring (bicyclic) bond motifs is 2. The number of hydrogen-bond donors (Lipinski definition) is 2. The van der Waals surface area contributed by atoms with Gasteiger partial charge in [-0.25, -0.2) is 4.68 Å². The summed E-state index contributed by atoms with van der Waals surface area (Å²) in [5.74, 6) is 1.71. The quantitative estimate of drug-likeness (QED) is 0.575. The first-order valence-electron chi connectivity index (χ1n) is 10.9. The van der Waals surface area contributed by atoms with Crippen molar-refractivity contribution in [2.75, 3.05) is 0 Å². The number of nitrogens with zero attached hydrogens (tertiary/aromatic N) is 2. The number of thiocarbonyl (C=S) groups is 1. The first-order chi connectivity index (χ1) is 14.7. The first-order valence-corrected chi connectivity index (χ1v) is 11.3. The van der Waals surface area contributed by atoms with Crippen LogP contribution in [0.15, 0.2) is 60.8 Å². The number of nitrogens with one attached hydrogen (secondary N) is 2. The van der Waals surface area contributed by atoms with Gasteiger partial charge in [0, 0.05) is 29.9 Å². The van der Waals surface area contributed by atoms with Crippen LogP contribution in [0.25, 0.3) is 16.9 Å². The number of aromatic nitrogens is 2. The van der Waals surface area contributed by atoms with E-state index >= 15 is 0 Å². The minimum absolute atomic E-state index is 0.548. The molecule has 3 atom stereocenters. The minimum Gasteiger partial charge on any atom is -0.360 e. The Labute approximate surface area is 183 Å². The molecule has 154 valence electrons. The van der Waals surface area contributed by atoms with Gasteiger partial charge in [0.15, 0.2) is 5.11 Å². The van der Waals surface area contributed by atoms with Gasteiger partial charge < -0.3 is 10.6 Å². The first kappa shape index (κ1) is 19.3. The second kappa shape index (κ2) is 8.23. The molecule has 2 N–H and O–H groups in total. The maximum absolute atomic E-state index is 5.63. The predicted molar refractivity (Wildman–Crippen MR) is 126 cm³/mol. The highest BCUT2D eigenvalue weighted by molar-refractivity contribution is 7.80. The number of hydrogen-bond acceptors (Lipinski definition) is 2. The van der Waals surface area contributed by atoms with Gasteiger partial charge in [0.05, 0.1) is 11.4 Å². The number of para-hydroxylation sites is 1. The number of aryl methyl sites for hydroxylation is 1. The highest BCUT2D eigenvalue weighted by Crippen LogP contribution is 2.44. The molecule has 5 rings (SSSR count). The standard InChI is InChI=1S/C25H28N4S/c1-17-7-10-19(11-8-17)24-21(16-29(28-24)22-5-3-2-4-6-22)15-26-25(30)27-23-14-18-9-12-20(23)13-18/h2-8,10-11,16,18,20,23H,9,12-15H2,1H3,(H2,26,27,30)/t18-,20-,23-/m0/s1. The Kier molecular flexibility index (Phi) is 5.30. The summed E-state index contributed by atoms with van der Waals surface area (Å²) in [4.78, 5) is 0. The van der Waals surface area contributed by atoms with E-state index in [0.717, 1.165) is 39.5 Å². The molecule has 0 spiro atoms. The van der Waals surface area contributed by atoms with Crippen LogP contribution in [0, 0.1) is 18.8 Å². The molecule has 2 saturated carbocycles. The van der Waals surface area contributed by atoms with Crippen LogP contribution in [0.4, 0.5) is 0 Å². The summed E-state index contributed by atoms with van der Waals surface area (Å²) in [6, 6.07) is 19.3. The van der Waals surface area contributed by atoms with Gasteiger partial charge in [-0.1, -0.05) is 54.4 Å². The van der Waals surface area contributed by atoms with Crippen molar-refractivity contribution in [1.29, 1.82) is 0 Å². The molecule has 2 aromatic carbocycles. The zero-order valence-electron chi connectivity index (χ0n) is 17.3. The van der Waals surface area contributed by atoms with Gasteiger partial charge in [-0.15, -0.1) is 0 Å². The molecular formula is C25H28N4S. The second-order valence-electron chi connectivity index (χ2n) is 8.76. The fraction of sp³-hybridized carbons (Fsp3) is 0.360. The molecule has 5 heteroatoms. The summed E-state index contributed by atoms with van der Waals surface area (Å²) < 4.78 is 1.96. The van der Waals surface area contributed by atoms with E-state index in [4.69, 9.17) is 17.3 Å². The Bertz CT molecular complexity index is 1030. The van der Waals surface area contributed by atoms with Gasteiger partial charge in [-0.05, 0) is 62.4 Å². The van der Waals surface area contributed by atoms with Gasteiger partial charge in [0.2, 0.25) is 0 Å². The zero-order chi connectivity index (χ0) is 20.5. The van der Waals surface area contributed by atoms with Crippen molar-refractivity contribution >= 4 is 17.3 Å². The highest BCUT2D eigenvalue weighted by atomic mass is 32.1. The molecule has 1 aromatic heterocycles. The highest BCUT2D eigenvalue weighted by Gasteiger charge is 2.39. The lowest BCUT2D eigenvalue weighted by Gasteiger charge is -2.24. The summed E-state index contributed by atoms with van der Waals surface area (Å²) in [5.41, 5.74) is 5.56. The third-order valence-corrected chi connectivity index (χ3v) is 6.89. The van der Waals surface area contributed by atoms with Crippen LogP contribution in [0.3, 0.4) is 0 Å². The van der Waals surface area contributed by atoms with Crippen molar-refractivity contribution < 1.29 is 0 Å².